The molecule has 2 heterocycles. The smallest absolute Gasteiger partial charge is 0.407 e. The van der Waals surface area contributed by atoms with E-state index in [0.717, 1.165) is 0 Å². The van der Waals surface area contributed by atoms with Crippen molar-refractivity contribution in [3.05, 3.63) is 36.3 Å². The maximum atomic E-state index is 12.4. The molecule has 2 aromatic rings. The number of aromatic nitrogens is 2. The standard InChI is InChI=1S/C19H21N5O5/c1-28-6-7-29-16-8-15(3-2-13(16)9-20)24-11-17(21-12-24)22-18(25)14-4-5-23(10-14)19(26)27/h2-3,8,11-12,14H,4-7,10H2,1H3,(H,22,25)(H,26,27)/t14-/m0/s1. The molecular weight excluding hydrogens is 378 g/mol. The fourth-order valence-corrected chi connectivity index (χ4v) is 3.02. The summed E-state index contributed by atoms with van der Waals surface area (Å²) in [5, 5.41) is 21.0. The predicted octanol–water partition coefficient (Wildman–Crippen LogP) is 1.71. The Morgan fingerprint density at radius 3 is 2.93 bits per heavy atom. The highest BCUT2D eigenvalue weighted by molar-refractivity contribution is 5.92. The Hall–Kier alpha value is -3.58. The van der Waals surface area contributed by atoms with E-state index >= 15 is 0 Å². The third-order valence-corrected chi connectivity index (χ3v) is 4.59. The molecule has 29 heavy (non-hydrogen) atoms. The van der Waals surface area contributed by atoms with E-state index in [0.29, 0.717) is 49.0 Å². The molecule has 0 spiro atoms. The molecular formula is C19H21N5O5. The minimum absolute atomic E-state index is 0.180. The lowest BCUT2D eigenvalue weighted by molar-refractivity contribution is -0.119. The Kier molecular flexibility index (Phi) is 6.31. The lowest BCUT2D eigenvalue weighted by atomic mass is 10.1. The van der Waals surface area contributed by atoms with Gasteiger partial charge in [-0.25, -0.2) is 9.78 Å². The monoisotopic (exact) mass is 399 g/mol. The second-order valence-electron chi connectivity index (χ2n) is 6.50. The molecule has 0 aliphatic carbocycles. The maximum Gasteiger partial charge on any atom is 0.407 e. The van der Waals surface area contributed by atoms with Gasteiger partial charge in [0.25, 0.3) is 0 Å². The maximum absolute atomic E-state index is 12.4. The van der Waals surface area contributed by atoms with Crippen LogP contribution in [-0.2, 0) is 9.53 Å². The van der Waals surface area contributed by atoms with E-state index < -0.39 is 12.0 Å². The highest BCUT2D eigenvalue weighted by atomic mass is 16.5. The molecule has 1 aliphatic rings. The number of imidazole rings is 1. The molecule has 1 aromatic heterocycles. The fraction of sp³-hybridized carbons (Fsp3) is 0.368. The third kappa shape index (κ3) is 4.83. The van der Waals surface area contributed by atoms with Crippen LogP contribution in [0.3, 0.4) is 0 Å². The van der Waals surface area contributed by atoms with E-state index in [1.165, 1.54) is 11.2 Å². The average Bonchev–Trinajstić information content (AvgIpc) is 3.38. The van der Waals surface area contributed by atoms with Gasteiger partial charge in [-0.05, 0) is 18.6 Å². The van der Waals surface area contributed by atoms with Crippen molar-refractivity contribution in [3.8, 4) is 17.5 Å². The Morgan fingerprint density at radius 1 is 1.41 bits per heavy atom. The molecule has 152 valence electrons. The van der Waals surface area contributed by atoms with E-state index in [-0.39, 0.29) is 12.5 Å². The first-order chi connectivity index (χ1) is 14.0. The molecule has 1 aromatic carbocycles. The van der Waals surface area contributed by atoms with E-state index in [2.05, 4.69) is 16.4 Å². The number of anilines is 1. The number of benzene rings is 1. The first kappa shape index (κ1) is 20.2. The molecule has 1 atom stereocenters. The van der Waals surface area contributed by atoms with Crippen molar-refractivity contribution in [1.82, 2.24) is 14.5 Å². The minimum atomic E-state index is -1.02. The van der Waals surface area contributed by atoms with E-state index in [1.807, 2.05) is 0 Å². The second-order valence-corrected chi connectivity index (χ2v) is 6.50. The number of hydrogen-bond acceptors (Lipinski definition) is 6. The summed E-state index contributed by atoms with van der Waals surface area (Å²) in [6, 6.07) is 7.19. The number of nitrogens with one attached hydrogen (secondary N) is 1. The van der Waals surface area contributed by atoms with Crippen LogP contribution in [-0.4, -0.2) is 65.0 Å². The Morgan fingerprint density at radius 2 is 2.24 bits per heavy atom. The van der Waals surface area contributed by atoms with Crippen molar-refractivity contribution in [1.29, 1.82) is 5.26 Å². The molecule has 0 bridgehead atoms. The van der Waals surface area contributed by atoms with Gasteiger partial charge >= 0.3 is 6.09 Å². The molecule has 10 heteroatoms. The van der Waals surface area contributed by atoms with Gasteiger partial charge in [-0.15, -0.1) is 0 Å². The third-order valence-electron chi connectivity index (χ3n) is 4.59. The number of nitriles is 1. The van der Waals surface area contributed by atoms with E-state index in [9.17, 15) is 14.9 Å². The van der Waals surface area contributed by atoms with Crippen molar-refractivity contribution in [2.75, 3.05) is 38.7 Å². The lowest BCUT2D eigenvalue weighted by Crippen LogP contribution is -2.30. The molecule has 2 N–H and O–H groups in total. The number of carbonyl (C=O) groups excluding carboxylic acids is 1. The summed E-state index contributed by atoms with van der Waals surface area (Å²) in [5.74, 6) is 0.130. The molecule has 0 radical (unpaired) electrons. The number of amides is 2. The van der Waals surface area contributed by atoms with Crippen LogP contribution in [0.15, 0.2) is 30.7 Å². The van der Waals surface area contributed by atoms with Crippen LogP contribution in [0.25, 0.3) is 5.69 Å². The molecule has 10 nitrogen and oxygen atoms in total. The molecule has 1 aliphatic heterocycles. The molecule has 3 rings (SSSR count). The van der Waals surface area contributed by atoms with Crippen LogP contribution in [0.1, 0.15) is 12.0 Å². The van der Waals surface area contributed by atoms with Gasteiger partial charge in [0, 0.05) is 26.3 Å². The SMILES string of the molecule is COCCOc1cc(-n2cnc(NC(=O)[C@H]3CCN(C(=O)O)C3)c2)ccc1C#N. The summed E-state index contributed by atoms with van der Waals surface area (Å²) >= 11 is 0. The molecule has 0 saturated carbocycles. The number of nitrogens with zero attached hydrogens (tertiary/aromatic N) is 4. The Bertz CT molecular complexity index is 935. The van der Waals surface area contributed by atoms with Gasteiger partial charge in [0.2, 0.25) is 5.91 Å². The van der Waals surface area contributed by atoms with Gasteiger partial charge in [0.05, 0.1) is 30.0 Å². The summed E-state index contributed by atoms with van der Waals surface area (Å²) in [5.41, 5.74) is 1.12. The summed E-state index contributed by atoms with van der Waals surface area (Å²) in [6.07, 6.45) is 2.64. The Labute approximate surface area is 167 Å². The van der Waals surface area contributed by atoms with Gasteiger partial charge in [-0.1, -0.05) is 0 Å². The van der Waals surface area contributed by atoms with Gasteiger partial charge in [-0.2, -0.15) is 5.26 Å². The summed E-state index contributed by atoms with van der Waals surface area (Å²) in [6.45, 7) is 1.24. The zero-order chi connectivity index (χ0) is 20.8. The van der Waals surface area contributed by atoms with E-state index in [1.54, 1.807) is 36.1 Å². The number of hydrogen-bond donors (Lipinski definition) is 2. The molecule has 1 fully saturated rings. The van der Waals surface area contributed by atoms with Crippen molar-refractivity contribution < 1.29 is 24.2 Å². The van der Waals surface area contributed by atoms with Crippen molar-refractivity contribution in [3.63, 3.8) is 0 Å². The number of carboxylic acid groups (broad SMARTS) is 1. The number of likely N-dealkylation sites (tertiary alicyclic amines) is 1. The largest absolute Gasteiger partial charge is 0.490 e. The zero-order valence-corrected chi connectivity index (χ0v) is 15.9. The Balaban J connectivity index is 1.68. The van der Waals surface area contributed by atoms with Crippen molar-refractivity contribution in [2.45, 2.75) is 6.42 Å². The van der Waals surface area contributed by atoms with Crippen LogP contribution in [0, 0.1) is 17.2 Å². The topological polar surface area (TPSA) is 130 Å². The van der Waals surface area contributed by atoms with Crippen molar-refractivity contribution >= 4 is 17.8 Å². The summed E-state index contributed by atoms with van der Waals surface area (Å²) < 4.78 is 12.2. The average molecular weight is 399 g/mol. The highest BCUT2D eigenvalue weighted by Crippen LogP contribution is 2.23. The molecule has 2 amide bonds. The zero-order valence-electron chi connectivity index (χ0n) is 15.9. The van der Waals surface area contributed by atoms with Crippen LogP contribution >= 0.6 is 0 Å². The van der Waals surface area contributed by atoms with Crippen LogP contribution < -0.4 is 10.1 Å². The second kappa shape index (κ2) is 9.07. The minimum Gasteiger partial charge on any atom is -0.490 e. The fourth-order valence-electron chi connectivity index (χ4n) is 3.02. The number of rotatable bonds is 7. The molecule has 0 unspecified atom stereocenters. The van der Waals surface area contributed by atoms with Crippen LogP contribution in [0.5, 0.6) is 5.75 Å². The first-order valence-corrected chi connectivity index (χ1v) is 9.00. The van der Waals surface area contributed by atoms with Gasteiger partial charge < -0.3 is 29.4 Å². The number of carbonyl (C=O) groups is 2. The van der Waals surface area contributed by atoms with E-state index in [4.69, 9.17) is 14.6 Å². The number of methoxy groups -OCH3 is 1. The first-order valence-electron chi connectivity index (χ1n) is 9.00. The van der Waals surface area contributed by atoms with Gasteiger partial charge in [-0.3, -0.25) is 4.79 Å². The highest BCUT2D eigenvalue weighted by Gasteiger charge is 2.31. The van der Waals surface area contributed by atoms with Crippen molar-refractivity contribution in [2.24, 2.45) is 5.92 Å². The number of ether oxygens (including phenoxy) is 2. The van der Waals surface area contributed by atoms with Crippen LogP contribution in [0.2, 0.25) is 0 Å². The van der Waals surface area contributed by atoms with Gasteiger partial charge in [0.1, 0.15) is 24.8 Å². The lowest BCUT2D eigenvalue weighted by Gasteiger charge is -2.11. The normalized spacial score (nSPS) is 15.7. The molecule has 1 saturated heterocycles. The predicted molar refractivity (Wildman–Crippen MR) is 102 cm³/mol. The van der Waals surface area contributed by atoms with Crippen LogP contribution in [0.4, 0.5) is 10.6 Å². The summed E-state index contributed by atoms with van der Waals surface area (Å²) in [7, 11) is 1.57. The quantitative estimate of drug-likeness (QED) is 0.678. The summed E-state index contributed by atoms with van der Waals surface area (Å²) in [4.78, 5) is 28.8. The van der Waals surface area contributed by atoms with Gasteiger partial charge in [0.15, 0.2) is 5.82 Å².